The predicted molar refractivity (Wildman–Crippen MR) is 59.8 cm³/mol. The van der Waals surface area contributed by atoms with Crippen LogP contribution in [0, 0.1) is 18.3 Å². The van der Waals surface area contributed by atoms with Crippen LogP contribution >= 0.6 is 0 Å². The highest BCUT2D eigenvalue weighted by molar-refractivity contribution is 6.04. The van der Waals surface area contributed by atoms with Crippen molar-refractivity contribution in [2.45, 2.75) is 20.3 Å². The number of nitriles is 1. The van der Waals surface area contributed by atoms with Gasteiger partial charge in [-0.25, -0.2) is 0 Å². The number of hydrogen-bond acceptors (Lipinski definition) is 3. The Morgan fingerprint density at radius 1 is 1.44 bits per heavy atom. The summed E-state index contributed by atoms with van der Waals surface area (Å²) < 4.78 is 0. The summed E-state index contributed by atoms with van der Waals surface area (Å²) in [7, 11) is 0. The third-order valence-corrected chi connectivity index (χ3v) is 2.07. The van der Waals surface area contributed by atoms with E-state index in [4.69, 9.17) is 5.26 Å². The second-order valence-electron chi connectivity index (χ2n) is 3.54. The van der Waals surface area contributed by atoms with Crippen LogP contribution in [-0.4, -0.2) is 11.7 Å². The smallest absolute Gasteiger partial charge is 0.231 e. The first kappa shape index (κ1) is 11.9. The number of amides is 1. The van der Waals surface area contributed by atoms with Gasteiger partial charge < -0.3 is 5.32 Å². The zero-order valence-electron chi connectivity index (χ0n) is 9.20. The minimum absolute atomic E-state index is 0.168. The summed E-state index contributed by atoms with van der Waals surface area (Å²) in [5.41, 5.74) is 1.68. The number of carbonyl (C=O) groups excluding carboxylic acids is 2. The molecule has 0 spiro atoms. The van der Waals surface area contributed by atoms with Crippen molar-refractivity contribution in [3.8, 4) is 6.07 Å². The average Bonchev–Trinajstić information content (AvgIpc) is 2.16. The maximum atomic E-state index is 11.4. The first-order valence-electron chi connectivity index (χ1n) is 4.83. The summed E-state index contributed by atoms with van der Waals surface area (Å²) in [4.78, 5) is 22.1. The average molecular weight is 216 g/mol. The summed E-state index contributed by atoms with van der Waals surface area (Å²) in [5.74, 6) is -0.599. The molecular formula is C12H12N2O2. The molecule has 1 amide bonds. The zero-order chi connectivity index (χ0) is 12.1. The molecular weight excluding hydrogens is 204 g/mol. The van der Waals surface area contributed by atoms with E-state index in [0.29, 0.717) is 11.3 Å². The van der Waals surface area contributed by atoms with Crippen molar-refractivity contribution in [2.75, 3.05) is 5.32 Å². The normalized spacial score (nSPS) is 9.31. The molecule has 0 fully saturated rings. The monoisotopic (exact) mass is 216 g/mol. The van der Waals surface area contributed by atoms with Crippen molar-refractivity contribution >= 4 is 17.4 Å². The van der Waals surface area contributed by atoms with E-state index in [1.165, 1.54) is 6.92 Å². The third kappa shape index (κ3) is 2.92. The second-order valence-corrected chi connectivity index (χ2v) is 3.54. The van der Waals surface area contributed by atoms with Crippen LogP contribution in [0.15, 0.2) is 18.2 Å². The Bertz CT molecular complexity index is 472. The van der Waals surface area contributed by atoms with Crippen LogP contribution in [0.1, 0.15) is 24.5 Å². The lowest BCUT2D eigenvalue weighted by Gasteiger charge is -2.07. The van der Waals surface area contributed by atoms with Crippen LogP contribution in [0.4, 0.5) is 5.69 Å². The van der Waals surface area contributed by atoms with Gasteiger partial charge in [0.25, 0.3) is 0 Å². The highest BCUT2D eigenvalue weighted by Crippen LogP contribution is 2.18. The van der Waals surface area contributed by atoms with Crippen molar-refractivity contribution in [1.29, 1.82) is 5.26 Å². The molecule has 1 aromatic carbocycles. The van der Waals surface area contributed by atoms with E-state index in [0.717, 1.165) is 5.56 Å². The van der Waals surface area contributed by atoms with Crippen molar-refractivity contribution in [3.63, 3.8) is 0 Å². The Morgan fingerprint density at radius 3 is 2.69 bits per heavy atom. The minimum atomic E-state index is -0.394. The molecule has 0 bridgehead atoms. The summed E-state index contributed by atoms with van der Waals surface area (Å²) in [5, 5.41) is 11.5. The van der Waals surface area contributed by atoms with E-state index < -0.39 is 5.91 Å². The number of Topliss-reactive ketones (excluding diaryl/α,β-unsaturated/α-hetero) is 1. The third-order valence-electron chi connectivity index (χ3n) is 2.07. The van der Waals surface area contributed by atoms with E-state index in [9.17, 15) is 9.59 Å². The Labute approximate surface area is 93.9 Å². The molecule has 0 unspecified atom stereocenters. The lowest BCUT2D eigenvalue weighted by molar-refractivity contribution is -0.124. The van der Waals surface area contributed by atoms with Crippen LogP contribution in [0.25, 0.3) is 0 Å². The molecule has 0 aliphatic heterocycles. The number of anilines is 1. The Kier molecular flexibility index (Phi) is 3.78. The number of carbonyl (C=O) groups is 2. The maximum Gasteiger partial charge on any atom is 0.231 e. The van der Waals surface area contributed by atoms with E-state index in [-0.39, 0.29) is 12.2 Å². The van der Waals surface area contributed by atoms with E-state index in [1.807, 2.05) is 6.07 Å². The number of aryl methyl sites for hydroxylation is 1. The van der Waals surface area contributed by atoms with Gasteiger partial charge in [0.15, 0.2) is 0 Å². The Morgan fingerprint density at radius 2 is 2.12 bits per heavy atom. The Hall–Kier alpha value is -2.15. The van der Waals surface area contributed by atoms with Gasteiger partial charge in [-0.1, -0.05) is 12.1 Å². The molecule has 82 valence electrons. The van der Waals surface area contributed by atoms with Gasteiger partial charge in [0, 0.05) is 0 Å². The topological polar surface area (TPSA) is 70.0 Å². The number of nitrogens with one attached hydrogen (secondary N) is 1. The summed E-state index contributed by atoms with van der Waals surface area (Å²) in [6.07, 6.45) is -0.168. The summed E-state index contributed by atoms with van der Waals surface area (Å²) in [6, 6.07) is 7.21. The van der Waals surface area contributed by atoms with Crippen molar-refractivity contribution in [1.82, 2.24) is 0 Å². The molecule has 1 N–H and O–H groups in total. The molecule has 0 radical (unpaired) electrons. The largest absolute Gasteiger partial charge is 0.325 e. The lowest BCUT2D eigenvalue weighted by atomic mass is 10.1. The Balaban J connectivity index is 2.90. The van der Waals surface area contributed by atoms with Gasteiger partial charge in [-0.3, -0.25) is 9.59 Å². The minimum Gasteiger partial charge on any atom is -0.325 e. The van der Waals surface area contributed by atoms with Crippen LogP contribution in [0.3, 0.4) is 0 Å². The van der Waals surface area contributed by atoms with Gasteiger partial charge in [-0.2, -0.15) is 5.26 Å². The van der Waals surface area contributed by atoms with Gasteiger partial charge in [-0.05, 0) is 25.5 Å². The number of hydrogen-bond donors (Lipinski definition) is 1. The van der Waals surface area contributed by atoms with Crippen LogP contribution in [0.2, 0.25) is 0 Å². The molecule has 4 heteroatoms. The van der Waals surface area contributed by atoms with E-state index in [1.54, 1.807) is 25.1 Å². The summed E-state index contributed by atoms with van der Waals surface area (Å²) in [6.45, 7) is 3.14. The molecule has 0 aliphatic rings. The standard InChI is InChI=1S/C12H12N2O2/c1-8-4-3-5-11(10(8)7-13)14-12(16)6-9(2)15/h3-5H,6H2,1-2H3,(H,14,16). The fourth-order valence-electron chi connectivity index (χ4n) is 1.34. The fourth-order valence-corrected chi connectivity index (χ4v) is 1.34. The van der Waals surface area contributed by atoms with Crippen LogP contribution < -0.4 is 5.32 Å². The molecule has 1 aromatic rings. The van der Waals surface area contributed by atoms with Crippen molar-refractivity contribution < 1.29 is 9.59 Å². The molecule has 0 saturated heterocycles. The molecule has 0 aromatic heterocycles. The first-order chi connectivity index (χ1) is 7.54. The number of benzene rings is 1. The molecule has 0 aliphatic carbocycles. The molecule has 0 heterocycles. The van der Waals surface area contributed by atoms with E-state index >= 15 is 0 Å². The van der Waals surface area contributed by atoms with Crippen molar-refractivity contribution in [2.24, 2.45) is 0 Å². The molecule has 0 saturated carbocycles. The van der Waals surface area contributed by atoms with Crippen LogP contribution in [0.5, 0.6) is 0 Å². The highest BCUT2D eigenvalue weighted by Gasteiger charge is 2.09. The molecule has 0 atom stereocenters. The van der Waals surface area contributed by atoms with Crippen molar-refractivity contribution in [3.05, 3.63) is 29.3 Å². The number of nitrogens with zero attached hydrogens (tertiary/aromatic N) is 1. The predicted octanol–water partition coefficient (Wildman–Crippen LogP) is 1.78. The van der Waals surface area contributed by atoms with Gasteiger partial charge in [0.1, 0.15) is 11.9 Å². The number of rotatable bonds is 3. The lowest BCUT2D eigenvalue weighted by Crippen LogP contribution is -2.15. The molecule has 1 rings (SSSR count). The van der Waals surface area contributed by atoms with Crippen LogP contribution in [-0.2, 0) is 9.59 Å². The first-order valence-corrected chi connectivity index (χ1v) is 4.83. The van der Waals surface area contributed by atoms with Gasteiger partial charge in [-0.15, -0.1) is 0 Å². The van der Waals surface area contributed by atoms with Gasteiger partial charge >= 0.3 is 0 Å². The highest BCUT2D eigenvalue weighted by atomic mass is 16.2. The fraction of sp³-hybridized carbons (Fsp3) is 0.250. The SMILES string of the molecule is CC(=O)CC(=O)Nc1cccc(C)c1C#N. The van der Waals surface area contributed by atoms with E-state index in [2.05, 4.69) is 5.32 Å². The zero-order valence-corrected chi connectivity index (χ0v) is 9.20. The quantitative estimate of drug-likeness (QED) is 0.783. The van der Waals surface area contributed by atoms with Gasteiger partial charge in [0.2, 0.25) is 5.91 Å². The number of ketones is 1. The second kappa shape index (κ2) is 5.08. The molecule has 16 heavy (non-hydrogen) atoms. The van der Waals surface area contributed by atoms with Gasteiger partial charge in [0.05, 0.1) is 17.7 Å². The maximum absolute atomic E-state index is 11.4. The summed E-state index contributed by atoms with van der Waals surface area (Å²) >= 11 is 0. The molecule has 4 nitrogen and oxygen atoms in total.